The van der Waals surface area contributed by atoms with Gasteiger partial charge in [-0.25, -0.2) is 0 Å². The molecule has 0 bridgehead atoms. The minimum Gasteiger partial charge on any atom is -0.496 e. The van der Waals surface area contributed by atoms with E-state index in [0.29, 0.717) is 5.92 Å². The van der Waals surface area contributed by atoms with Crippen molar-refractivity contribution in [2.75, 3.05) is 7.11 Å². The number of hydrogen-bond donors (Lipinski definition) is 1. The summed E-state index contributed by atoms with van der Waals surface area (Å²) in [7, 11) is 1.69. The Balaban J connectivity index is 2.08. The van der Waals surface area contributed by atoms with Crippen molar-refractivity contribution in [3.05, 3.63) is 28.8 Å². The van der Waals surface area contributed by atoms with Crippen LogP contribution in [0.15, 0.2) is 18.2 Å². The van der Waals surface area contributed by atoms with Crippen LogP contribution in [0.5, 0.6) is 5.75 Å². The Morgan fingerprint density at radius 1 is 1.41 bits per heavy atom. The molecule has 1 aliphatic rings. The van der Waals surface area contributed by atoms with Gasteiger partial charge in [-0.15, -0.1) is 0 Å². The lowest BCUT2D eigenvalue weighted by Crippen LogP contribution is -2.30. The highest BCUT2D eigenvalue weighted by Gasteiger charge is 2.23. The van der Waals surface area contributed by atoms with Gasteiger partial charge < -0.3 is 10.5 Å². The number of halogens is 1. The van der Waals surface area contributed by atoms with E-state index >= 15 is 0 Å². The normalized spacial score (nSPS) is 18.3. The monoisotopic (exact) mass is 253 g/mol. The van der Waals surface area contributed by atoms with Gasteiger partial charge >= 0.3 is 0 Å². The maximum atomic E-state index is 6.29. The molecule has 2 rings (SSSR count). The standard InChI is InChI=1S/C14H20ClNO/c1-17-14-7-6-12(15)8-11(14)9-13(16)10-4-2-3-5-10/h6-8,10,13H,2-5,9,16H2,1H3. The Kier molecular flexibility index (Phi) is 4.30. The first-order chi connectivity index (χ1) is 8.20. The quantitative estimate of drug-likeness (QED) is 0.893. The largest absolute Gasteiger partial charge is 0.496 e. The molecular formula is C14H20ClNO. The first kappa shape index (κ1) is 12.7. The summed E-state index contributed by atoms with van der Waals surface area (Å²) in [6.45, 7) is 0. The van der Waals surface area contributed by atoms with E-state index < -0.39 is 0 Å². The Hall–Kier alpha value is -0.730. The highest BCUT2D eigenvalue weighted by Crippen LogP contribution is 2.30. The van der Waals surface area contributed by atoms with Gasteiger partial charge in [-0.05, 0) is 48.9 Å². The lowest BCUT2D eigenvalue weighted by molar-refractivity contribution is 0.394. The molecule has 0 heterocycles. The maximum Gasteiger partial charge on any atom is 0.122 e. The van der Waals surface area contributed by atoms with E-state index in [4.69, 9.17) is 22.1 Å². The number of hydrogen-bond acceptors (Lipinski definition) is 2. The number of rotatable bonds is 4. The smallest absolute Gasteiger partial charge is 0.122 e. The van der Waals surface area contributed by atoms with Gasteiger partial charge in [-0.1, -0.05) is 24.4 Å². The molecule has 2 N–H and O–H groups in total. The Labute approximate surface area is 108 Å². The van der Waals surface area contributed by atoms with Gasteiger partial charge in [0.2, 0.25) is 0 Å². The Morgan fingerprint density at radius 2 is 2.12 bits per heavy atom. The predicted molar refractivity (Wildman–Crippen MR) is 71.6 cm³/mol. The van der Waals surface area contributed by atoms with Crippen LogP contribution in [0.4, 0.5) is 0 Å². The van der Waals surface area contributed by atoms with Gasteiger partial charge in [-0.2, -0.15) is 0 Å². The van der Waals surface area contributed by atoms with Gasteiger partial charge in [0.15, 0.2) is 0 Å². The van der Waals surface area contributed by atoms with Crippen LogP contribution in [0.25, 0.3) is 0 Å². The highest BCUT2D eigenvalue weighted by atomic mass is 35.5. The van der Waals surface area contributed by atoms with Crippen LogP contribution in [-0.4, -0.2) is 13.2 Å². The molecule has 0 aliphatic heterocycles. The lowest BCUT2D eigenvalue weighted by Gasteiger charge is -2.20. The van der Waals surface area contributed by atoms with Gasteiger partial charge in [0, 0.05) is 11.1 Å². The van der Waals surface area contributed by atoms with Crippen LogP contribution in [0.3, 0.4) is 0 Å². The first-order valence-corrected chi connectivity index (χ1v) is 6.66. The fourth-order valence-electron chi connectivity index (χ4n) is 2.71. The average molecular weight is 254 g/mol. The number of benzene rings is 1. The molecule has 1 saturated carbocycles. The zero-order valence-electron chi connectivity index (χ0n) is 10.3. The van der Waals surface area contributed by atoms with Crippen molar-refractivity contribution >= 4 is 11.6 Å². The van der Waals surface area contributed by atoms with E-state index in [-0.39, 0.29) is 6.04 Å². The SMILES string of the molecule is COc1ccc(Cl)cc1CC(N)C1CCCC1. The zero-order chi connectivity index (χ0) is 12.3. The summed E-state index contributed by atoms with van der Waals surface area (Å²) in [6, 6.07) is 5.96. The minimum absolute atomic E-state index is 0.227. The number of ether oxygens (including phenoxy) is 1. The summed E-state index contributed by atoms with van der Waals surface area (Å²) in [6.07, 6.45) is 6.04. The van der Waals surface area contributed by atoms with Crippen molar-refractivity contribution in [1.82, 2.24) is 0 Å². The van der Waals surface area contributed by atoms with Crippen LogP contribution in [0, 0.1) is 5.92 Å². The van der Waals surface area contributed by atoms with Crippen molar-refractivity contribution < 1.29 is 4.74 Å². The third-order valence-corrected chi connectivity index (χ3v) is 3.94. The van der Waals surface area contributed by atoms with E-state index in [1.807, 2.05) is 18.2 Å². The first-order valence-electron chi connectivity index (χ1n) is 6.28. The Bertz CT molecular complexity index is 374. The molecule has 0 amide bonds. The summed E-state index contributed by atoms with van der Waals surface area (Å²) in [5.74, 6) is 1.56. The predicted octanol–water partition coefficient (Wildman–Crippen LogP) is 3.41. The van der Waals surface area contributed by atoms with Crippen LogP contribution < -0.4 is 10.5 Å². The molecule has 1 unspecified atom stereocenters. The van der Waals surface area contributed by atoms with Crippen LogP contribution in [0.2, 0.25) is 5.02 Å². The van der Waals surface area contributed by atoms with Gasteiger partial charge in [-0.3, -0.25) is 0 Å². The van der Waals surface area contributed by atoms with E-state index in [2.05, 4.69) is 0 Å². The van der Waals surface area contributed by atoms with E-state index in [1.54, 1.807) is 7.11 Å². The summed E-state index contributed by atoms with van der Waals surface area (Å²) in [5, 5.41) is 0.749. The number of nitrogens with two attached hydrogens (primary N) is 1. The van der Waals surface area contributed by atoms with Crippen molar-refractivity contribution in [3.8, 4) is 5.75 Å². The molecule has 0 radical (unpaired) electrons. The third-order valence-electron chi connectivity index (χ3n) is 3.70. The summed E-state index contributed by atoms with van der Waals surface area (Å²) in [4.78, 5) is 0. The van der Waals surface area contributed by atoms with Crippen LogP contribution >= 0.6 is 11.6 Å². The molecule has 0 aromatic heterocycles. The summed E-state index contributed by atoms with van der Waals surface area (Å²) < 4.78 is 5.35. The van der Waals surface area contributed by atoms with Crippen LogP contribution in [-0.2, 0) is 6.42 Å². The highest BCUT2D eigenvalue weighted by molar-refractivity contribution is 6.30. The Morgan fingerprint density at radius 3 is 2.76 bits per heavy atom. The fourth-order valence-corrected chi connectivity index (χ4v) is 2.91. The molecular weight excluding hydrogens is 234 g/mol. The molecule has 1 fully saturated rings. The molecule has 3 heteroatoms. The molecule has 1 aromatic rings. The number of methoxy groups -OCH3 is 1. The van der Waals surface area contributed by atoms with E-state index in [0.717, 1.165) is 22.8 Å². The molecule has 2 nitrogen and oxygen atoms in total. The van der Waals surface area contributed by atoms with Gasteiger partial charge in [0.05, 0.1) is 7.11 Å². The summed E-state index contributed by atoms with van der Waals surface area (Å²) >= 11 is 6.02. The minimum atomic E-state index is 0.227. The van der Waals surface area contributed by atoms with Crippen LogP contribution in [0.1, 0.15) is 31.2 Å². The average Bonchev–Trinajstić information content (AvgIpc) is 2.83. The third kappa shape index (κ3) is 3.14. The molecule has 0 saturated heterocycles. The fraction of sp³-hybridized carbons (Fsp3) is 0.571. The molecule has 94 valence electrons. The lowest BCUT2D eigenvalue weighted by atomic mass is 9.93. The molecule has 0 spiro atoms. The molecule has 17 heavy (non-hydrogen) atoms. The second kappa shape index (κ2) is 5.74. The molecule has 1 atom stereocenters. The van der Waals surface area contributed by atoms with E-state index in [9.17, 15) is 0 Å². The summed E-state index contributed by atoms with van der Waals surface area (Å²) in [5.41, 5.74) is 7.41. The second-order valence-electron chi connectivity index (χ2n) is 4.87. The second-order valence-corrected chi connectivity index (χ2v) is 5.31. The molecule has 1 aliphatic carbocycles. The van der Waals surface area contributed by atoms with Crippen molar-refractivity contribution in [3.63, 3.8) is 0 Å². The van der Waals surface area contributed by atoms with E-state index in [1.165, 1.54) is 25.7 Å². The van der Waals surface area contributed by atoms with Crippen molar-refractivity contribution in [2.24, 2.45) is 11.7 Å². The van der Waals surface area contributed by atoms with Gasteiger partial charge in [0.25, 0.3) is 0 Å². The zero-order valence-corrected chi connectivity index (χ0v) is 11.0. The topological polar surface area (TPSA) is 35.2 Å². The van der Waals surface area contributed by atoms with Crippen molar-refractivity contribution in [2.45, 2.75) is 38.1 Å². The maximum absolute atomic E-state index is 6.29. The van der Waals surface area contributed by atoms with Gasteiger partial charge in [0.1, 0.15) is 5.75 Å². The van der Waals surface area contributed by atoms with Crippen molar-refractivity contribution in [1.29, 1.82) is 0 Å². The molecule has 1 aromatic carbocycles.